The molecule has 2 N–H and O–H groups in total. The molecule has 0 bridgehead atoms. The number of hydrogen-bond donors (Lipinski definition) is 2. The first kappa shape index (κ1) is 47.5. The van der Waals surface area contributed by atoms with Crippen LogP contribution in [0.3, 0.4) is 0 Å². The zero-order valence-electron chi connectivity index (χ0n) is 40.5. The lowest BCUT2D eigenvalue weighted by atomic mass is 10.1. The molecule has 2 heterocycles. The molecule has 0 saturated heterocycles. The highest BCUT2D eigenvalue weighted by molar-refractivity contribution is 7.19. The topological polar surface area (TPSA) is 120 Å². The van der Waals surface area contributed by atoms with Crippen LogP contribution in [-0.4, -0.2) is 53.5 Å². The van der Waals surface area contributed by atoms with E-state index in [-0.39, 0.29) is 11.8 Å². The Balaban J connectivity index is 0.813. The van der Waals surface area contributed by atoms with Crippen LogP contribution < -0.4 is 48.9 Å². The molecule has 0 aliphatic carbocycles. The molecule has 0 spiro atoms. The van der Waals surface area contributed by atoms with Gasteiger partial charge in [-0.1, -0.05) is 24.3 Å². The third-order valence-electron chi connectivity index (χ3n) is 12.3. The summed E-state index contributed by atoms with van der Waals surface area (Å²) in [5.41, 5.74) is 9.66. The summed E-state index contributed by atoms with van der Waals surface area (Å²) >= 11 is 1.54. The van der Waals surface area contributed by atoms with Crippen molar-refractivity contribution in [2.75, 3.05) is 62.1 Å². The number of benzene rings is 8. The van der Waals surface area contributed by atoms with Crippen molar-refractivity contribution in [1.29, 1.82) is 0 Å². The highest BCUT2D eigenvalue weighted by atomic mass is 32.1. The van der Waals surface area contributed by atoms with Gasteiger partial charge in [0.2, 0.25) is 0 Å². The van der Waals surface area contributed by atoms with E-state index in [1.165, 1.54) is 11.3 Å². The summed E-state index contributed by atoms with van der Waals surface area (Å²) in [4.78, 5) is 33.2. The smallest absolute Gasteiger partial charge is 0.255 e. The van der Waals surface area contributed by atoms with Gasteiger partial charge in [-0.2, -0.15) is 0 Å². The molecular weight excluding hydrogens is 937 g/mol. The Hall–Kier alpha value is -9.20. The van der Waals surface area contributed by atoms with Crippen molar-refractivity contribution in [3.63, 3.8) is 0 Å². The zero-order chi connectivity index (χ0) is 50.3. The number of nitrogens with one attached hydrogen (secondary N) is 2. The van der Waals surface area contributed by atoms with Crippen LogP contribution >= 0.6 is 11.3 Å². The fraction of sp³-hybridized carbons (Fsp3) is 0.100. The second-order valence-electron chi connectivity index (χ2n) is 16.7. The molecule has 73 heavy (non-hydrogen) atoms. The van der Waals surface area contributed by atoms with Gasteiger partial charge in [0, 0.05) is 56.6 Å². The van der Waals surface area contributed by atoms with Crippen molar-refractivity contribution < 1.29 is 38.0 Å². The van der Waals surface area contributed by atoms with E-state index in [1.54, 1.807) is 28.4 Å². The normalized spacial score (nSPS) is 11.5. The van der Waals surface area contributed by atoms with Gasteiger partial charge >= 0.3 is 0 Å². The van der Waals surface area contributed by atoms with Gasteiger partial charge in [-0.05, 0) is 181 Å². The predicted octanol–water partition coefficient (Wildman–Crippen LogP) is 14.3. The molecule has 9 aromatic rings. The SMILES string of the molecule is COc1ccc(N(c2ccc(NC(=O)c3ccc(-c4sc(-c5ccc(C(=O)Nc6ccc(N(c7ccc(OC)cc7)c7ccc(OC)cc7)cc6)cc5)c5c4OCCO5)cc3)cc2)c2ccc(OC)cc2)cc1. The number of ether oxygens (including phenoxy) is 6. The largest absolute Gasteiger partial charge is 0.497 e. The van der Waals surface area contributed by atoms with Crippen molar-refractivity contribution in [2.45, 2.75) is 0 Å². The minimum atomic E-state index is -0.239. The number of anilines is 8. The molecule has 0 unspecified atom stereocenters. The maximum atomic E-state index is 13.6. The minimum Gasteiger partial charge on any atom is -0.497 e. The van der Waals surface area contributed by atoms with E-state index >= 15 is 0 Å². The summed E-state index contributed by atoms with van der Waals surface area (Å²) in [7, 11) is 6.58. The van der Waals surface area contributed by atoms with Gasteiger partial charge in [-0.15, -0.1) is 11.3 Å². The van der Waals surface area contributed by atoms with E-state index in [1.807, 2.05) is 194 Å². The lowest BCUT2D eigenvalue weighted by Gasteiger charge is -2.26. The lowest BCUT2D eigenvalue weighted by molar-refractivity contribution is 0.101. The Labute approximate surface area is 427 Å². The zero-order valence-corrected chi connectivity index (χ0v) is 41.3. The molecule has 8 aromatic carbocycles. The van der Waals surface area contributed by atoms with Gasteiger partial charge in [-0.3, -0.25) is 9.59 Å². The number of amides is 2. The molecule has 12 nitrogen and oxygen atoms in total. The molecule has 1 aromatic heterocycles. The molecule has 10 rings (SSSR count). The maximum Gasteiger partial charge on any atom is 0.255 e. The first-order valence-electron chi connectivity index (χ1n) is 23.4. The van der Waals surface area contributed by atoms with Crippen LogP contribution in [0, 0.1) is 0 Å². The van der Waals surface area contributed by atoms with Gasteiger partial charge in [0.1, 0.15) is 36.2 Å². The maximum absolute atomic E-state index is 13.6. The summed E-state index contributed by atoms with van der Waals surface area (Å²) in [6.07, 6.45) is 0. The quantitative estimate of drug-likeness (QED) is 0.0968. The number of carbonyl (C=O) groups excluding carboxylic acids is 2. The van der Waals surface area contributed by atoms with Gasteiger partial charge in [0.15, 0.2) is 11.5 Å². The Morgan fingerprint density at radius 3 is 0.904 bits per heavy atom. The van der Waals surface area contributed by atoms with E-state index in [9.17, 15) is 9.59 Å². The van der Waals surface area contributed by atoms with Crippen LogP contribution in [0.25, 0.3) is 20.9 Å². The van der Waals surface area contributed by atoms with Crippen molar-refractivity contribution in [3.8, 4) is 55.4 Å². The monoisotopic (exact) mass is 986 g/mol. The molecular formula is C60H50N4O8S. The lowest BCUT2D eigenvalue weighted by Crippen LogP contribution is -2.15. The second kappa shape index (κ2) is 21.4. The van der Waals surface area contributed by atoms with Gasteiger partial charge < -0.3 is 48.9 Å². The Bertz CT molecular complexity index is 3010. The van der Waals surface area contributed by atoms with Crippen LogP contribution in [0.15, 0.2) is 194 Å². The molecule has 364 valence electrons. The van der Waals surface area contributed by atoms with E-state index in [4.69, 9.17) is 28.4 Å². The minimum absolute atomic E-state index is 0.239. The molecule has 0 saturated carbocycles. The molecule has 1 aliphatic heterocycles. The number of methoxy groups -OCH3 is 4. The first-order valence-corrected chi connectivity index (χ1v) is 24.2. The Morgan fingerprint density at radius 1 is 0.384 bits per heavy atom. The summed E-state index contributed by atoms with van der Waals surface area (Å²) < 4.78 is 34.0. The first-order chi connectivity index (χ1) is 35.8. The van der Waals surface area contributed by atoms with E-state index < -0.39 is 0 Å². The van der Waals surface area contributed by atoms with E-state index in [2.05, 4.69) is 20.4 Å². The fourth-order valence-corrected chi connectivity index (χ4v) is 9.69. The number of thiophene rings is 1. The highest BCUT2D eigenvalue weighted by Crippen LogP contribution is 2.53. The number of nitrogens with zero attached hydrogens (tertiary/aromatic N) is 2. The van der Waals surface area contributed by atoms with E-state index in [0.717, 1.165) is 78.0 Å². The number of rotatable bonds is 16. The average molecular weight is 987 g/mol. The van der Waals surface area contributed by atoms with Crippen LogP contribution in [0.2, 0.25) is 0 Å². The Morgan fingerprint density at radius 2 is 0.644 bits per heavy atom. The van der Waals surface area contributed by atoms with Crippen molar-refractivity contribution in [2.24, 2.45) is 0 Å². The molecule has 1 aliphatic rings. The van der Waals surface area contributed by atoms with Gasteiger partial charge in [-0.25, -0.2) is 0 Å². The summed E-state index contributed by atoms with van der Waals surface area (Å²) in [6, 6.07) is 61.7. The standard InChI is InChI=1S/C60H50N4O8S/c1-67-51-29-21-47(22-30-51)63(48-23-31-52(68-2)32-24-48)45-17-13-43(14-18-45)61-59(65)41-9-5-39(6-10-41)57-55-56(72-38-37-71-55)58(73-57)40-7-11-42(12-8-40)60(66)62-44-15-19-46(20-16-44)64(49-25-33-53(69-3)34-26-49)50-27-35-54(70-4)36-28-50/h5-36H,37-38H2,1-4H3,(H,61,65)(H,62,66). The summed E-state index contributed by atoms with van der Waals surface area (Å²) in [5, 5.41) is 6.10. The average Bonchev–Trinajstić information content (AvgIpc) is 3.84. The second-order valence-corrected chi connectivity index (χ2v) is 17.8. The summed E-state index contributed by atoms with van der Waals surface area (Å²) in [6.45, 7) is 0.822. The molecule has 0 atom stereocenters. The highest BCUT2D eigenvalue weighted by Gasteiger charge is 2.27. The van der Waals surface area contributed by atoms with Crippen LogP contribution in [-0.2, 0) is 0 Å². The number of carbonyl (C=O) groups is 2. The number of hydrogen-bond acceptors (Lipinski definition) is 11. The fourth-order valence-electron chi connectivity index (χ4n) is 8.49. The molecule has 0 fully saturated rings. The van der Waals surface area contributed by atoms with Crippen LogP contribution in [0.1, 0.15) is 20.7 Å². The molecule has 13 heteroatoms. The third kappa shape index (κ3) is 10.3. The Kier molecular flexibility index (Phi) is 13.9. The van der Waals surface area contributed by atoms with Crippen molar-refractivity contribution in [3.05, 3.63) is 205 Å². The van der Waals surface area contributed by atoms with Gasteiger partial charge in [0.05, 0.1) is 38.2 Å². The number of fused-ring (bicyclic) bond motifs is 1. The van der Waals surface area contributed by atoms with E-state index in [0.29, 0.717) is 47.2 Å². The predicted molar refractivity (Wildman–Crippen MR) is 291 cm³/mol. The molecule has 2 amide bonds. The third-order valence-corrected chi connectivity index (χ3v) is 13.6. The summed E-state index contributed by atoms with van der Waals surface area (Å²) in [5.74, 6) is 3.89. The van der Waals surface area contributed by atoms with Crippen LogP contribution in [0.4, 0.5) is 45.5 Å². The van der Waals surface area contributed by atoms with Gasteiger partial charge in [0.25, 0.3) is 11.8 Å². The van der Waals surface area contributed by atoms with Crippen molar-refractivity contribution in [1.82, 2.24) is 0 Å². The molecule has 0 radical (unpaired) electrons. The van der Waals surface area contributed by atoms with Crippen LogP contribution in [0.5, 0.6) is 34.5 Å². The van der Waals surface area contributed by atoms with Crippen molar-refractivity contribution >= 4 is 68.7 Å².